The van der Waals surface area contributed by atoms with Crippen molar-refractivity contribution in [3.8, 4) is 0 Å². The largest absolute Gasteiger partial charge is 0.355 e. The maximum absolute atomic E-state index is 12.6. The van der Waals surface area contributed by atoms with E-state index in [1.54, 1.807) is 0 Å². The molecule has 0 radical (unpaired) electrons. The first kappa shape index (κ1) is 18.5. The molecular formula is C21H23ClN2O2. The average Bonchev–Trinajstić information content (AvgIpc) is 3.35. The summed E-state index contributed by atoms with van der Waals surface area (Å²) >= 11 is 5.97. The highest BCUT2D eigenvalue weighted by Gasteiger charge is 2.56. The van der Waals surface area contributed by atoms with Crippen LogP contribution in [0.1, 0.15) is 29.5 Å². The van der Waals surface area contributed by atoms with E-state index in [1.807, 2.05) is 56.3 Å². The predicted molar refractivity (Wildman–Crippen MR) is 104 cm³/mol. The number of amides is 2. The second-order valence-electron chi connectivity index (χ2n) is 7.05. The van der Waals surface area contributed by atoms with E-state index in [0.717, 1.165) is 22.4 Å². The molecule has 5 heteroatoms. The summed E-state index contributed by atoms with van der Waals surface area (Å²) in [5.41, 5.74) is 3.03. The monoisotopic (exact) mass is 370 g/mol. The van der Waals surface area contributed by atoms with E-state index in [1.165, 1.54) is 0 Å². The number of nitrogens with one attached hydrogen (secondary N) is 2. The van der Waals surface area contributed by atoms with Crippen LogP contribution in [-0.2, 0) is 16.0 Å². The molecule has 0 aliphatic heterocycles. The molecule has 2 aromatic rings. The Morgan fingerprint density at radius 2 is 1.73 bits per heavy atom. The third-order valence-electron chi connectivity index (χ3n) is 4.69. The van der Waals surface area contributed by atoms with E-state index in [2.05, 4.69) is 10.6 Å². The number of rotatable bonds is 6. The molecule has 0 spiro atoms. The SMILES string of the molecule is Cc1cc(C)cc(NC(=O)C2(C(=O)NCCc3cccc(Cl)c3)CC2)c1. The molecule has 3 rings (SSSR count). The Hall–Kier alpha value is -2.33. The van der Waals surface area contributed by atoms with Gasteiger partial charge in [-0.1, -0.05) is 29.8 Å². The zero-order chi connectivity index (χ0) is 18.7. The van der Waals surface area contributed by atoms with Gasteiger partial charge in [-0.25, -0.2) is 0 Å². The summed E-state index contributed by atoms with van der Waals surface area (Å²) < 4.78 is 0. The van der Waals surface area contributed by atoms with E-state index in [-0.39, 0.29) is 11.8 Å². The van der Waals surface area contributed by atoms with Gasteiger partial charge in [0.05, 0.1) is 0 Å². The Bertz CT molecular complexity index is 823. The van der Waals surface area contributed by atoms with Gasteiger partial charge in [0.1, 0.15) is 5.41 Å². The number of anilines is 1. The quantitative estimate of drug-likeness (QED) is 0.754. The van der Waals surface area contributed by atoms with Crippen molar-refractivity contribution >= 4 is 29.1 Å². The van der Waals surface area contributed by atoms with Crippen molar-refractivity contribution in [2.45, 2.75) is 33.1 Å². The van der Waals surface area contributed by atoms with Crippen LogP contribution in [0, 0.1) is 19.3 Å². The van der Waals surface area contributed by atoms with Crippen LogP contribution in [0.4, 0.5) is 5.69 Å². The maximum atomic E-state index is 12.6. The third kappa shape index (κ3) is 4.25. The van der Waals surface area contributed by atoms with Crippen LogP contribution in [0.2, 0.25) is 5.02 Å². The van der Waals surface area contributed by atoms with Crippen LogP contribution in [0.3, 0.4) is 0 Å². The van der Waals surface area contributed by atoms with E-state index < -0.39 is 5.41 Å². The van der Waals surface area contributed by atoms with Gasteiger partial charge in [-0.05, 0) is 74.1 Å². The summed E-state index contributed by atoms with van der Waals surface area (Å²) in [6.45, 7) is 4.45. The van der Waals surface area contributed by atoms with Gasteiger partial charge in [-0.2, -0.15) is 0 Å². The minimum absolute atomic E-state index is 0.193. The number of aryl methyl sites for hydroxylation is 2. The molecule has 0 bridgehead atoms. The lowest BCUT2D eigenvalue weighted by Gasteiger charge is -2.16. The first-order valence-electron chi connectivity index (χ1n) is 8.81. The van der Waals surface area contributed by atoms with E-state index in [9.17, 15) is 9.59 Å². The number of benzene rings is 2. The molecule has 0 heterocycles. The summed E-state index contributed by atoms with van der Waals surface area (Å²) in [5.74, 6) is -0.413. The van der Waals surface area contributed by atoms with Crippen molar-refractivity contribution in [1.29, 1.82) is 0 Å². The number of carbonyl (C=O) groups is 2. The fraction of sp³-hybridized carbons (Fsp3) is 0.333. The molecule has 1 aliphatic rings. The summed E-state index contributed by atoms with van der Waals surface area (Å²) in [5, 5.41) is 6.49. The normalized spacial score (nSPS) is 14.6. The zero-order valence-electron chi connectivity index (χ0n) is 15.1. The highest BCUT2D eigenvalue weighted by molar-refractivity contribution is 6.30. The van der Waals surface area contributed by atoms with Crippen LogP contribution in [0.25, 0.3) is 0 Å². The maximum Gasteiger partial charge on any atom is 0.240 e. The number of hydrogen-bond acceptors (Lipinski definition) is 2. The molecule has 26 heavy (non-hydrogen) atoms. The van der Waals surface area contributed by atoms with Crippen molar-refractivity contribution in [2.75, 3.05) is 11.9 Å². The second kappa shape index (κ2) is 7.50. The highest BCUT2D eigenvalue weighted by atomic mass is 35.5. The summed E-state index contributed by atoms with van der Waals surface area (Å²) in [6, 6.07) is 13.4. The van der Waals surface area contributed by atoms with Crippen molar-refractivity contribution < 1.29 is 9.59 Å². The highest BCUT2D eigenvalue weighted by Crippen LogP contribution is 2.46. The fourth-order valence-electron chi connectivity index (χ4n) is 3.16. The number of hydrogen-bond donors (Lipinski definition) is 2. The Balaban J connectivity index is 1.57. The Labute approximate surface area is 158 Å². The van der Waals surface area contributed by atoms with Crippen molar-refractivity contribution in [3.63, 3.8) is 0 Å². The van der Waals surface area contributed by atoms with Crippen molar-refractivity contribution in [1.82, 2.24) is 5.32 Å². The second-order valence-corrected chi connectivity index (χ2v) is 7.48. The predicted octanol–water partition coefficient (Wildman–Crippen LogP) is 4.03. The molecule has 2 N–H and O–H groups in total. The van der Waals surface area contributed by atoms with Crippen LogP contribution in [-0.4, -0.2) is 18.4 Å². The zero-order valence-corrected chi connectivity index (χ0v) is 15.8. The first-order chi connectivity index (χ1) is 12.4. The van der Waals surface area contributed by atoms with Gasteiger partial charge in [0, 0.05) is 17.3 Å². The van der Waals surface area contributed by atoms with Crippen LogP contribution >= 0.6 is 11.6 Å². The van der Waals surface area contributed by atoms with Crippen LogP contribution < -0.4 is 10.6 Å². The molecule has 2 aromatic carbocycles. The topological polar surface area (TPSA) is 58.2 Å². The first-order valence-corrected chi connectivity index (χ1v) is 9.19. The molecule has 1 aliphatic carbocycles. The lowest BCUT2D eigenvalue weighted by molar-refractivity contribution is -0.134. The number of carbonyl (C=O) groups excluding carboxylic acids is 2. The summed E-state index contributed by atoms with van der Waals surface area (Å²) in [4.78, 5) is 25.2. The van der Waals surface area contributed by atoms with Gasteiger partial charge >= 0.3 is 0 Å². The Morgan fingerprint density at radius 3 is 2.35 bits per heavy atom. The summed E-state index contributed by atoms with van der Waals surface area (Å²) in [7, 11) is 0. The lowest BCUT2D eigenvalue weighted by atomic mass is 10.0. The average molecular weight is 371 g/mol. The fourth-order valence-corrected chi connectivity index (χ4v) is 3.37. The Morgan fingerprint density at radius 1 is 1.04 bits per heavy atom. The minimum atomic E-state index is -0.925. The lowest BCUT2D eigenvalue weighted by Crippen LogP contribution is -2.40. The van der Waals surface area contributed by atoms with E-state index in [4.69, 9.17) is 11.6 Å². The molecule has 0 atom stereocenters. The molecule has 0 unspecified atom stereocenters. The number of halogens is 1. The van der Waals surface area contributed by atoms with Crippen LogP contribution in [0.15, 0.2) is 42.5 Å². The molecule has 2 amide bonds. The van der Waals surface area contributed by atoms with E-state index in [0.29, 0.717) is 30.8 Å². The van der Waals surface area contributed by atoms with Gasteiger partial charge in [0.25, 0.3) is 0 Å². The standard InChI is InChI=1S/C21H23ClN2O2/c1-14-10-15(2)12-18(11-14)24-20(26)21(7-8-21)19(25)23-9-6-16-4-3-5-17(22)13-16/h3-5,10-13H,6-9H2,1-2H3,(H,23,25)(H,24,26). The molecule has 136 valence electrons. The van der Waals surface area contributed by atoms with Gasteiger partial charge < -0.3 is 10.6 Å². The molecule has 4 nitrogen and oxygen atoms in total. The van der Waals surface area contributed by atoms with Crippen molar-refractivity contribution in [3.05, 3.63) is 64.2 Å². The van der Waals surface area contributed by atoms with Gasteiger partial charge in [-0.3, -0.25) is 9.59 Å². The third-order valence-corrected chi connectivity index (χ3v) is 4.92. The van der Waals surface area contributed by atoms with Gasteiger partial charge in [0.2, 0.25) is 11.8 Å². The Kier molecular flexibility index (Phi) is 5.33. The summed E-state index contributed by atoms with van der Waals surface area (Å²) in [6.07, 6.45) is 1.86. The molecule has 1 fully saturated rings. The molecule has 0 saturated heterocycles. The van der Waals surface area contributed by atoms with Crippen molar-refractivity contribution in [2.24, 2.45) is 5.41 Å². The minimum Gasteiger partial charge on any atom is -0.355 e. The molecular weight excluding hydrogens is 348 g/mol. The molecule has 1 saturated carbocycles. The van der Waals surface area contributed by atoms with Crippen LogP contribution in [0.5, 0.6) is 0 Å². The molecule has 0 aromatic heterocycles. The smallest absolute Gasteiger partial charge is 0.240 e. The van der Waals surface area contributed by atoms with E-state index >= 15 is 0 Å². The van der Waals surface area contributed by atoms with Gasteiger partial charge in [-0.15, -0.1) is 0 Å². The van der Waals surface area contributed by atoms with Gasteiger partial charge in [0.15, 0.2) is 0 Å².